The molecule has 3 N–H and O–H groups in total. The Morgan fingerprint density at radius 3 is 3.08 bits per heavy atom. The van der Waals surface area contributed by atoms with E-state index in [1.165, 1.54) is 12.2 Å². The summed E-state index contributed by atoms with van der Waals surface area (Å²) in [5, 5.41) is 3.97. The molecule has 2 unspecified atom stereocenters. The Balaban J connectivity index is 2.60. The van der Waals surface area contributed by atoms with Gasteiger partial charge >= 0.3 is 0 Å². The summed E-state index contributed by atoms with van der Waals surface area (Å²) in [4.78, 5) is 0. The van der Waals surface area contributed by atoms with Crippen molar-refractivity contribution in [2.24, 2.45) is 5.73 Å². The second kappa shape index (κ2) is 4.90. The van der Waals surface area contributed by atoms with Crippen molar-refractivity contribution >= 4 is 11.8 Å². The van der Waals surface area contributed by atoms with Crippen molar-refractivity contribution in [2.45, 2.75) is 30.6 Å². The lowest BCUT2D eigenvalue weighted by Gasteiger charge is -2.42. The van der Waals surface area contributed by atoms with Crippen LogP contribution in [-0.4, -0.2) is 29.6 Å². The van der Waals surface area contributed by atoms with Crippen molar-refractivity contribution in [3.05, 3.63) is 0 Å². The van der Waals surface area contributed by atoms with Crippen molar-refractivity contribution in [1.29, 1.82) is 0 Å². The first kappa shape index (κ1) is 10.9. The molecule has 74 valence electrons. The molecule has 13 heavy (non-hydrogen) atoms. The number of rotatable bonds is 3. The first-order valence-corrected chi connectivity index (χ1v) is 5.80. The fraction of sp³-hybridized carbons (Fsp3) is 0.800. The largest absolute Gasteiger partial charge is 0.329 e. The maximum absolute atomic E-state index is 5.82. The highest BCUT2D eigenvalue weighted by Crippen LogP contribution is 2.33. The minimum atomic E-state index is 0.0787. The molecule has 0 saturated carbocycles. The van der Waals surface area contributed by atoms with E-state index in [0.717, 1.165) is 6.42 Å². The first-order valence-electron chi connectivity index (χ1n) is 4.75. The van der Waals surface area contributed by atoms with Crippen LogP contribution in [0, 0.1) is 12.3 Å². The third-order valence-electron chi connectivity index (χ3n) is 2.82. The second-order valence-corrected chi connectivity index (χ2v) is 4.98. The molecule has 1 aliphatic rings. The summed E-state index contributed by atoms with van der Waals surface area (Å²) in [6, 6.07) is 0. The van der Waals surface area contributed by atoms with Crippen molar-refractivity contribution < 1.29 is 0 Å². The topological polar surface area (TPSA) is 38.0 Å². The number of thioether (sulfide) groups is 1. The number of terminal acetylenes is 1. The van der Waals surface area contributed by atoms with E-state index >= 15 is 0 Å². The van der Waals surface area contributed by atoms with Gasteiger partial charge in [-0.1, -0.05) is 12.8 Å². The highest BCUT2D eigenvalue weighted by atomic mass is 32.2. The van der Waals surface area contributed by atoms with E-state index in [2.05, 4.69) is 18.2 Å². The molecule has 0 aromatic heterocycles. The van der Waals surface area contributed by atoms with Gasteiger partial charge < -0.3 is 5.73 Å². The van der Waals surface area contributed by atoms with Crippen molar-refractivity contribution in [3.63, 3.8) is 0 Å². The zero-order valence-corrected chi connectivity index (χ0v) is 8.99. The average Bonchev–Trinajstić information content (AvgIpc) is 2.17. The predicted molar refractivity (Wildman–Crippen MR) is 59.8 cm³/mol. The molecule has 0 radical (unpaired) electrons. The molecule has 1 aliphatic heterocycles. The van der Waals surface area contributed by atoms with Crippen LogP contribution in [0.3, 0.4) is 0 Å². The third kappa shape index (κ3) is 2.40. The minimum absolute atomic E-state index is 0.0787. The molecule has 0 spiro atoms. The van der Waals surface area contributed by atoms with E-state index in [9.17, 15) is 0 Å². The molecule has 0 aromatic rings. The van der Waals surface area contributed by atoms with Crippen LogP contribution >= 0.6 is 11.8 Å². The molecule has 0 bridgehead atoms. The van der Waals surface area contributed by atoms with E-state index in [-0.39, 0.29) is 5.54 Å². The molecule has 2 nitrogen and oxygen atoms in total. The molecule has 1 fully saturated rings. The number of hydrogen-bond acceptors (Lipinski definition) is 3. The van der Waals surface area contributed by atoms with Crippen LogP contribution in [0.25, 0.3) is 0 Å². The van der Waals surface area contributed by atoms with E-state index in [1.54, 1.807) is 0 Å². The Bertz CT molecular complexity index is 200. The second-order valence-electron chi connectivity index (χ2n) is 3.53. The van der Waals surface area contributed by atoms with Gasteiger partial charge in [-0.3, -0.25) is 5.32 Å². The minimum Gasteiger partial charge on any atom is -0.329 e. The van der Waals surface area contributed by atoms with E-state index in [1.807, 2.05) is 11.8 Å². The van der Waals surface area contributed by atoms with Crippen LogP contribution in [-0.2, 0) is 0 Å². The lowest BCUT2D eigenvalue weighted by molar-refractivity contribution is 0.311. The van der Waals surface area contributed by atoms with Gasteiger partial charge in [-0.25, -0.2) is 0 Å². The van der Waals surface area contributed by atoms with Crippen molar-refractivity contribution in [2.75, 3.05) is 18.8 Å². The highest BCUT2D eigenvalue weighted by Gasteiger charge is 2.36. The number of hydrogen-bond donors (Lipinski definition) is 2. The van der Waals surface area contributed by atoms with Crippen LogP contribution < -0.4 is 11.1 Å². The monoisotopic (exact) mass is 198 g/mol. The fourth-order valence-electron chi connectivity index (χ4n) is 1.81. The molecule has 1 heterocycles. The first-order chi connectivity index (χ1) is 6.25. The summed E-state index contributed by atoms with van der Waals surface area (Å²) < 4.78 is 0. The normalized spacial score (nSPS) is 34.1. The van der Waals surface area contributed by atoms with E-state index < -0.39 is 0 Å². The Hall–Kier alpha value is -0.170. The maximum atomic E-state index is 5.82. The summed E-state index contributed by atoms with van der Waals surface area (Å²) >= 11 is 1.99. The van der Waals surface area contributed by atoms with Crippen LogP contribution in [0.15, 0.2) is 0 Å². The van der Waals surface area contributed by atoms with Gasteiger partial charge in [0.2, 0.25) is 0 Å². The fourth-order valence-corrected chi connectivity index (χ4v) is 3.09. The lowest BCUT2D eigenvalue weighted by atomic mass is 9.89. The third-order valence-corrected chi connectivity index (χ3v) is 4.30. The molecule has 2 atom stereocenters. The van der Waals surface area contributed by atoms with Crippen molar-refractivity contribution in [1.82, 2.24) is 5.32 Å². The Kier molecular flexibility index (Phi) is 4.11. The average molecular weight is 198 g/mol. The van der Waals surface area contributed by atoms with Gasteiger partial charge in [-0.05, 0) is 18.6 Å². The molecule has 1 saturated heterocycles. The van der Waals surface area contributed by atoms with Crippen LogP contribution in [0.5, 0.6) is 0 Å². The molecule has 0 aliphatic carbocycles. The SMILES string of the molecule is C#CCNC1(CN)CCCSC1C. The van der Waals surface area contributed by atoms with E-state index in [0.29, 0.717) is 18.3 Å². The number of nitrogens with two attached hydrogens (primary N) is 1. The van der Waals surface area contributed by atoms with Gasteiger partial charge in [0.05, 0.1) is 6.54 Å². The Morgan fingerprint density at radius 2 is 2.54 bits per heavy atom. The molecule has 1 rings (SSSR count). The molecule has 3 heteroatoms. The summed E-state index contributed by atoms with van der Waals surface area (Å²) in [6.45, 7) is 3.55. The van der Waals surface area contributed by atoms with Gasteiger partial charge in [0.15, 0.2) is 0 Å². The van der Waals surface area contributed by atoms with Gasteiger partial charge in [0.1, 0.15) is 0 Å². The van der Waals surface area contributed by atoms with Crippen LogP contribution in [0.4, 0.5) is 0 Å². The van der Waals surface area contributed by atoms with Gasteiger partial charge in [-0.2, -0.15) is 11.8 Å². The molecular formula is C10H18N2S. The molecule has 0 aromatic carbocycles. The van der Waals surface area contributed by atoms with Gasteiger partial charge in [-0.15, -0.1) is 6.42 Å². The van der Waals surface area contributed by atoms with Crippen LogP contribution in [0.2, 0.25) is 0 Å². The quantitative estimate of drug-likeness (QED) is 0.660. The number of nitrogens with one attached hydrogen (secondary N) is 1. The zero-order chi connectivity index (χ0) is 9.73. The maximum Gasteiger partial charge on any atom is 0.0578 e. The molecular weight excluding hydrogens is 180 g/mol. The smallest absolute Gasteiger partial charge is 0.0578 e. The summed E-state index contributed by atoms with van der Waals surface area (Å²) in [5.74, 6) is 3.87. The van der Waals surface area contributed by atoms with Gasteiger partial charge in [0, 0.05) is 17.3 Å². The summed E-state index contributed by atoms with van der Waals surface area (Å²) in [7, 11) is 0. The standard InChI is InChI=1S/C10H18N2S/c1-3-6-12-10(8-11)5-4-7-13-9(10)2/h1,9,12H,4-8,11H2,2H3. The highest BCUT2D eigenvalue weighted by molar-refractivity contribution is 8.00. The predicted octanol–water partition coefficient (Wildman–Crippen LogP) is 0.822. The van der Waals surface area contributed by atoms with E-state index in [4.69, 9.17) is 12.2 Å². The molecule has 0 amide bonds. The van der Waals surface area contributed by atoms with Gasteiger partial charge in [0.25, 0.3) is 0 Å². The lowest BCUT2D eigenvalue weighted by Crippen LogP contribution is -2.59. The van der Waals surface area contributed by atoms with Crippen molar-refractivity contribution in [3.8, 4) is 12.3 Å². The Morgan fingerprint density at radius 1 is 1.77 bits per heavy atom. The summed E-state index contributed by atoms with van der Waals surface area (Å²) in [5.41, 5.74) is 5.90. The zero-order valence-electron chi connectivity index (χ0n) is 8.18. The van der Waals surface area contributed by atoms with Crippen LogP contribution in [0.1, 0.15) is 19.8 Å². The summed E-state index contributed by atoms with van der Waals surface area (Å²) in [6.07, 6.45) is 7.64. The Labute approximate surface area is 85.0 Å².